The lowest BCUT2D eigenvalue weighted by Crippen LogP contribution is -2.32. The van der Waals surface area contributed by atoms with Crippen molar-refractivity contribution in [2.75, 3.05) is 0 Å². The molecule has 1 aromatic heterocycles. The van der Waals surface area contributed by atoms with Gasteiger partial charge in [0.25, 0.3) is 0 Å². The van der Waals surface area contributed by atoms with Crippen LogP contribution in [0, 0.1) is 0 Å². The van der Waals surface area contributed by atoms with E-state index in [4.69, 9.17) is 13.9 Å². The van der Waals surface area contributed by atoms with E-state index in [0.29, 0.717) is 22.7 Å². The third-order valence-corrected chi connectivity index (χ3v) is 7.62. The minimum Gasteiger partial charge on any atom is -0.591 e. The molecule has 4 aromatic rings. The molecule has 0 radical (unpaired) electrons. The van der Waals surface area contributed by atoms with Gasteiger partial charge < -0.3 is 28.9 Å². The Morgan fingerprint density at radius 1 is 1.00 bits per heavy atom. The molecule has 0 aliphatic heterocycles. The Balaban J connectivity index is 1.68. The number of amides is 1. The van der Waals surface area contributed by atoms with Gasteiger partial charge in [-0.2, -0.15) is 0 Å². The number of rotatable bonds is 10. The zero-order valence-corrected chi connectivity index (χ0v) is 26.6. The van der Waals surface area contributed by atoms with E-state index in [0.717, 1.165) is 27.6 Å². The molecular formula is C34H38N2O7S. The fourth-order valence-corrected chi connectivity index (χ4v) is 4.82. The van der Waals surface area contributed by atoms with Crippen LogP contribution in [-0.2, 0) is 40.5 Å². The van der Waals surface area contributed by atoms with Crippen molar-refractivity contribution in [3.05, 3.63) is 89.2 Å². The summed E-state index contributed by atoms with van der Waals surface area (Å²) >= 11 is -1.45. The number of aliphatic carboxylic acids is 1. The van der Waals surface area contributed by atoms with Crippen LogP contribution in [-0.4, -0.2) is 38.3 Å². The average Bonchev–Trinajstić information content (AvgIpc) is 3.35. The minimum atomic E-state index is -1.45. The van der Waals surface area contributed by atoms with Gasteiger partial charge in [-0.15, -0.1) is 0 Å². The van der Waals surface area contributed by atoms with E-state index in [9.17, 15) is 19.2 Å². The summed E-state index contributed by atoms with van der Waals surface area (Å²) in [6.45, 7) is 11.4. The molecule has 0 aliphatic rings. The van der Waals surface area contributed by atoms with Crippen LogP contribution in [0.1, 0.15) is 64.0 Å². The molecule has 0 spiro atoms. The molecule has 2 N–H and O–H groups in total. The highest BCUT2D eigenvalue weighted by atomic mass is 32.2. The highest BCUT2D eigenvalue weighted by molar-refractivity contribution is 7.91. The molecule has 4 rings (SSSR count). The predicted octanol–water partition coefficient (Wildman–Crippen LogP) is 7.21. The van der Waals surface area contributed by atoms with E-state index >= 15 is 0 Å². The van der Waals surface area contributed by atoms with Gasteiger partial charge in [0.05, 0.1) is 6.42 Å². The summed E-state index contributed by atoms with van der Waals surface area (Å²) in [5.74, 6) is 0.00804. The normalized spacial score (nSPS) is 12.8. The van der Waals surface area contributed by atoms with Crippen LogP contribution < -0.4 is 10.1 Å². The van der Waals surface area contributed by atoms with E-state index in [1.54, 1.807) is 24.3 Å². The first-order valence-corrected chi connectivity index (χ1v) is 15.3. The van der Waals surface area contributed by atoms with Crippen LogP contribution in [0.25, 0.3) is 22.1 Å². The lowest BCUT2D eigenvalue weighted by molar-refractivity contribution is -0.136. The number of ether oxygens (including phenoxy) is 2. The number of furan rings is 1. The van der Waals surface area contributed by atoms with Gasteiger partial charge in [0.1, 0.15) is 45.9 Å². The monoisotopic (exact) mass is 618 g/mol. The largest absolute Gasteiger partial charge is 0.591 e. The SMILES string of the molecule is CC(C)(C)OC(=O)NCc1cccc(-c2cc(COc3ccccc3CC(=O)O)cc3cc(C=N[S+]([O-])C(C)(C)C)oc23)c1. The van der Waals surface area contributed by atoms with Gasteiger partial charge in [0.2, 0.25) is 0 Å². The minimum absolute atomic E-state index is 0.148. The first-order chi connectivity index (χ1) is 20.7. The highest BCUT2D eigenvalue weighted by Crippen LogP contribution is 2.34. The summed E-state index contributed by atoms with van der Waals surface area (Å²) < 4.78 is 33.9. The number of nitrogens with zero attached hydrogens (tertiary/aromatic N) is 1. The van der Waals surface area contributed by atoms with E-state index in [-0.39, 0.29) is 19.6 Å². The van der Waals surface area contributed by atoms with Crippen molar-refractivity contribution in [1.82, 2.24) is 5.32 Å². The van der Waals surface area contributed by atoms with Gasteiger partial charge in [0.15, 0.2) is 5.76 Å². The zero-order valence-electron chi connectivity index (χ0n) is 25.8. The first kappa shape index (κ1) is 32.6. The summed E-state index contributed by atoms with van der Waals surface area (Å²) in [6.07, 6.45) is 0.825. The molecule has 9 nitrogen and oxygen atoms in total. The van der Waals surface area contributed by atoms with Crippen LogP contribution in [0.2, 0.25) is 0 Å². The van der Waals surface area contributed by atoms with Gasteiger partial charge in [-0.3, -0.25) is 4.79 Å². The number of hydrogen-bond acceptors (Lipinski definition) is 7. The van der Waals surface area contributed by atoms with Crippen LogP contribution in [0.4, 0.5) is 4.79 Å². The molecule has 3 aromatic carbocycles. The lowest BCUT2D eigenvalue weighted by atomic mass is 9.99. The maximum atomic E-state index is 12.5. The quantitative estimate of drug-likeness (QED) is 0.142. The summed E-state index contributed by atoms with van der Waals surface area (Å²) in [6, 6.07) is 20.5. The number of benzene rings is 3. The molecule has 10 heteroatoms. The standard InChI is InChI=1S/C34H38N2O7S/c1-33(2,3)43-32(39)35-19-22-10-9-12-24(14-22)28-16-23(21-41-29-13-8-7-11-25(29)18-30(37)38)15-26-17-27(42-31(26)28)20-36-44(40)34(4,5)6/h7-17,20H,18-19,21H2,1-6H3,(H,35,39)(H,37,38). The van der Waals surface area contributed by atoms with Crippen molar-refractivity contribution in [2.45, 2.75) is 71.5 Å². The number of carbonyl (C=O) groups is 2. The summed E-state index contributed by atoms with van der Waals surface area (Å²) in [5, 5.41) is 12.9. The van der Waals surface area contributed by atoms with Crippen LogP contribution in [0.5, 0.6) is 5.75 Å². The number of alkyl carbamates (subject to hydrolysis) is 1. The van der Waals surface area contributed by atoms with E-state index in [1.807, 2.05) is 84.0 Å². The third-order valence-electron chi connectivity index (χ3n) is 6.28. The number of hydrogen-bond donors (Lipinski definition) is 2. The van der Waals surface area contributed by atoms with Crippen molar-refractivity contribution in [3.63, 3.8) is 0 Å². The van der Waals surface area contributed by atoms with Gasteiger partial charge in [-0.05, 0) is 88.6 Å². The Labute approximate surface area is 260 Å². The average molecular weight is 619 g/mol. The van der Waals surface area contributed by atoms with Gasteiger partial charge in [-0.1, -0.05) is 40.8 Å². The Morgan fingerprint density at radius 2 is 1.75 bits per heavy atom. The molecule has 0 saturated heterocycles. The third kappa shape index (κ3) is 9.11. The number of carbonyl (C=O) groups excluding carboxylic acids is 1. The van der Waals surface area contributed by atoms with Crippen molar-refractivity contribution < 1.29 is 33.1 Å². The highest BCUT2D eigenvalue weighted by Gasteiger charge is 2.26. The van der Waals surface area contributed by atoms with Gasteiger partial charge >= 0.3 is 12.1 Å². The molecule has 0 fully saturated rings. The van der Waals surface area contributed by atoms with Crippen LogP contribution >= 0.6 is 0 Å². The van der Waals surface area contributed by atoms with E-state index < -0.39 is 33.8 Å². The number of carboxylic acids is 1. The molecule has 0 bridgehead atoms. The molecular weight excluding hydrogens is 580 g/mol. The Kier molecular flexibility index (Phi) is 10.1. The molecule has 0 aliphatic carbocycles. The lowest BCUT2D eigenvalue weighted by Gasteiger charge is -2.19. The predicted molar refractivity (Wildman–Crippen MR) is 172 cm³/mol. The van der Waals surface area contributed by atoms with E-state index in [1.165, 1.54) is 6.21 Å². The molecule has 1 unspecified atom stereocenters. The molecule has 44 heavy (non-hydrogen) atoms. The number of para-hydroxylation sites is 1. The zero-order chi connectivity index (χ0) is 32.1. The number of nitrogens with one attached hydrogen (secondary N) is 1. The molecule has 232 valence electrons. The Morgan fingerprint density at radius 3 is 2.45 bits per heavy atom. The topological polar surface area (TPSA) is 133 Å². The van der Waals surface area contributed by atoms with Gasteiger partial charge in [-0.25, -0.2) is 4.79 Å². The Hall–Kier alpha value is -4.28. The van der Waals surface area contributed by atoms with Crippen molar-refractivity contribution in [3.8, 4) is 16.9 Å². The van der Waals surface area contributed by atoms with Crippen LogP contribution in [0.15, 0.2) is 75.5 Å². The summed E-state index contributed by atoms with van der Waals surface area (Å²) in [4.78, 5) is 23.6. The van der Waals surface area contributed by atoms with Crippen molar-refractivity contribution in [1.29, 1.82) is 0 Å². The molecule has 1 atom stereocenters. The molecule has 1 amide bonds. The van der Waals surface area contributed by atoms with Crippen molar-refractivity contribution in [2.24, 2.45) is 4.40 Å². The summed E-state index contributed by atoms with van der Waals surface area (Å²) in [7, 11) is 0. The second-order valence-corrected chi connectivity index (χ2v) is 14.3. The van der Waals surface area contributed by atoms with Gasteiger partial charge in [0, 0.05) is 23.1 Å². The van der Waals surface area contributed by atoms with E-state index in [2.05, 4.69) is 9.71 Å². The maximum absolute atomic E-state index is 12.5. The fraction of sp³-hybridized carbons (Fsp3) is 0.324. The van der Waals surface area contributed by atoms with Crippen LogP contribution in [0.3, 0.4) is 0 Å². The number of carboxylic acid groups (broad SMARTS) is 1. The molecule has 0 saturated carbocycles. The Bertz CT molecular complexity index is 1660. The number of fused-ring (bicyclic) bond motifs is 1. The summed E-state index contributed by atoms with van der Waals surface area (Å²) in [5.41, 5.74) is 3.92. The maximum Gasteiger partial charge on any atom is 0.407 e. The first-order valence-electron chi connectivity index (χ1n) is 14.2. The fourth-order valence-electron chi connectivity index (χ4n) is 4.31. The molecule has 1 heterocycles. The second kappa shape index (κ2) is 13.6. The second-order valence-electron chi connectivity index (χ2n) is 12.3. The smallest absolute Gasteiger partial charge is 0.407 e. The van der Waals surface area contributed by atoms with Crippen molar-refractivity contribution >= 4 is 40.6 Å².